The second-order valence-corrected chi connectivity index (χ2v) is 8.05. The van der Waals surface area contributed by atoms with Crippen molar-refractivity contribution in [1.29, 1.82) is 0 Å². The molecule has 2 aromatic rings. The molecule has 4 rings (SSSR count). The number of hydrogen-bond acceptors (Lipinski definition) is 3. The highest BCUT2D eigenvalue weighted by Gasteiger charge is 2.24. The van der Waals surface area contributed by atoms with Crippen LogP contribution in [0.5, 0.6) is 5.75 Å². The van der Waals surface area contributed by atoms with E-state index < -0.39 is 5.97 Å². The summed E-state index contributed by atoms with van der Waals surface area (Å²) in [5.41, 5.74) is 4.28. The number of nitrogens with zero attached hydrogens (tertiary/aromatic N) is 1. The van der Waals surface area contributed by atoms with Crippen LogP contribution in [0, 0.1) is 0 Å². The van der Waals surface area contributed by atoms with Gasteiger partial charge in [-0.15, -0.1) is 0 Å². The Morgan fingerprint density at radius 3 is 2.80 bits per heavy atom. The minimum atomic E-state index is -0.902. The largest absolute Gasteiger partial charge is 0.489 e. The normalized spacial score (nSPS) is 18.8. The third kappa shape index (κ3) is 4.57. The number of alkyl halides is 1. The van der Waals surface area contributed by atoms with Crippen LogP contribution in [-0.4, -0.2) is 48.4 Å². The van der Waals surface area contributed by atoms with Crippen molar-refractivity contribution in [3.63, 3.8) is 0 Å². The highest BCUT2D eigenvalue weighted by molar-refractivity contribution is 5.98. The zero-order valence-electron chi connectivity index (χ0n) is 17.1. The van der Waals surface area contributed by atoms with Gasteiger partial charge in [0.1, 0.15) is 11.9 Å². The van der Waals surface area contributed by atoms with E-state index in [2.05, 4.69) is 17.1 Å². The van der Waals surface area contributed by atoms with E-state index in [1.165, 1.54) is 0 Å². The van der Waals surface area contributed by atoms with Crippen LogP contribution in [0.25, 0.3) is 17.2 Å². The van der Waals surface area contributed by atoms with Gasteiger partial charge in [0.15, 0.2) is 0 Å². The van der Waals surface area contributed by atoms with Gasteiger partial charge in [0, 0.05) is 19.6 Å². The molecule has 1 saturated heterocycles. The van der Waals surface area contributed by atoms with E-state index in [1.807, 2.05) is 30.3 Å². The van der Waals surface area contributed by atoms with E-state index in [9.17, 15) is 14.3 Å². The summed E-state index contributed by atoms with van der Waals surface area (Å²) in [4.78, 5) is 14.1. The van der Waals surface area contributed by atoms with Crippen LogP contribution in [0.2, 0.25) is 0 Å². The summed E-state index contributed by atoms with van der Waals surface area (Å²) in [5, 5.41) is 9.76. The molecule has 0 aromatic heterocycles. The van der Waals surface area contributed by atoms with Crippen molar-refractivity contribution < 1.29 is 19.0 Å². The van der Waals surface area contributed by atoms with Crippen LogP contribution in [0.1, 0.15) is 47.2 Å². The number of benzene rings is 2. The molecule has 1 aliphatic heterocycles. The van der Waals surface area contributed by atoms with Crippen molar-refractivity contribution in [2.45, 2.75) is 38.2 Å². The molecule has 4 nitrogen and oxygen atoms in total. The molecule has 0 spiro atoms. The molecule has 5 heteroatoms. The molecule has 1 atom stereocenters. The van der Waals surface area contributed by atoms with Crippen LogP contribution >= 0.6 is 0 Å². The van der Waals surface area contributed by atoms with Gasteiger partial charge in [0.2, 0.25) is 0 Å². The van der Waals surface area contributed by atoms with E-state index in [1.54, 1.807) is 6.07 Å². The molecule has 30 heavy (non-hydrogen) atoms. The maximum Gasteiger partial charge on any atom is 0.336 e. The number of ether oxygens (including phenoxy) is 1. The van der Waals surface area contributed by atoms with E-state index in [0.717, 1.165) is 73.3 Å². The standard InChI is InChI=1S/C25H28FNO3/c26-14-4-15-27-16-13-21(17-27)30-20-10-7-19(8-11-20)24-22-6-3-1-2-5-18(22)9-12-23(24)25(28)29/h2,5,7-12,21H,1,3-4,6,13-17H2,(H,28,29)/t21-/m0/s1. The molecule has 1 fully saturated rings. The predicted octanol–water partition coefficient (Wildman–Crippen LogP) is 5.21. The van der Waals surface area contributed by atoms with Gasteiger partial charge in [-0.2, -0.15) is 0 Å². The lowest BCUT2D eigenvalue weighted by molar-refractivity contribution is 0.0697. The molecule has 0 bridgehead atoms. The molecule has 0 unspecified atom stereocenters. The molecular formula is C25H28FNO3. The van der Waals surface area contributed by atoms with Crippen molar-refractivity contribution >= 4 is 12.0 Å². The number of fused-ring (bicyclic) bond motifs is 1. The Labute approximate surface area is 177 Å². The minimum absolute atomic E-state index is 0.114. The molecule has 0 saturated carbocycles. The molecule has 1 aliphatic carbocycles. The topological polar surface area (TPSA) is 49.8 Å². The Balaban J connectivity index is 1.55. The number of carboxylic acids is 1. The number of allylic oxidation sites excluding steroid dienone is 1. The monoisotopic (exact) mass is 409 g/mol. The molecule has 2 aromatic carbocycles. The van der Waals surface area contributed by atoms with Crippen molar-refractivity contribution in [3.8, 4) is 16.9 Å². The smallest absolute Gasteiger partial charge is 0.336 e. The zero-order chi connectivity index (χ0) is 20.9. The number of carbonyl (C=O) groups is 1. The first kappa shape index (κ1) is 20.6. The fourth-order valence-electron chi connectivity index (χ4n) is 4.48. The Morgan fingerprint density at radius 1 is 1.20 bits per heavy atom. The summed E-state index contributed by atoms with van der Waals surface area (Å²) in [6.07, 6.45) is 8.78. The van der Waals surface area contributed by atoms with Gasteiger partial charge in [-0.3, -0.25) is 9.29 Å². The minimum Gasteiger partial charge on any atom is -0.489 e. The highest BCUT2D eigenvalue weighted by Crippen LogP contribution is 2.35. The second-order valence-electron chi connectivity index (χ2n) is 8.05. The van der Waals surface area contributed by atoms with Gasteiger partial charge in [0.25, 0.3) is 0 Å². The second kappa shape index (κ2) is 9.43. The maximum absolute atomic E-state index is 12.4. The van der Waals surface area contributed by atoms with Crippen molar-refractivity contribution in [2.24, 2.45) is 0 Å². The Kier molecular flexibility index (Phi) is 6.48. The number of rotatable bonds is 7. The first-order chi connectivity index (χ1) is 14.7. The lowest BCUT2D eigenvalue weighted by atomic mass is 9.89. The van der Waals surface area contributed by atoms with E-state index in [0.29, 0.717) is 12.0 Å². The lowest BCUT2D eigenvalue weighted by Gasteiger charge is -2.18. The average Bonchev–Trinajstić information content (AvgIpc) is 3.05. The number of hydrogen-bond donors (Lipinski definition) is 1. The summed E-state index contributed by atoms with van der Waals surface area (Å²) in [6, 6.07) is 11.4. The zero-order valence-corrected chi connectivity index (χ0v) is 17.1. The van der Waals surface area contributed by atoms with Gasteiger partial charge in [-0.25, -0.2) is 4.79 Å². The quantitative estimate of drug-likeness (QED) is 0.682. The summed E-state index contributed by atoms with van der Waals surface area (Å²) in [7, 11) is 0. The number of likely N-dealkylation sites (tertiary alicyclic amines) is 1. The summed E-state index contributed by atoms with van der Waals surface area (Å²) in [5.74, 6) is -0.115. The van der Waals surface area contributed by atoms with Gasteiger partial charge >= 0.3 is 5.97 Å². The molecule has 158 valence electrons. The number of aromatic carboxylic acids is 1. The van der Waals surface area contributed by atoms with Crippen LogP contribution in [-0.2, 0) is 6.42 Å². The molecule has 1 heterocycles. The van der Waals surface area contributed by atoms with Crippen molar-refractivity contribution in [1.82, 2.24) is 4.90 Å². The predicted molar refractivity (Wildman–Crippen MR) is 117 cm³/mol. The highest BCUT2D eigenvalue weighted by atomic mass is 19.1. The lowest BCUT2D eigenvalue weighted by Crippen LogP contribution is -2.26. The summed E-state index contributed by atoms with van der Waals surface area (Å²) < 4.78 is 18.5. The SMILES string of the molecule is O=C(O)c1ccc2c(c1-c1ccc(O[C@H]3CCN(CCCF)C3)cc1)CCCC=C2. The van der Waals surface area contributed by atoms with Gasteiger partial charge in [-0.05, 0) is 72.6 Å². The van der Waals surface area contributed by atoms with Gasteiger partial charge < -0.3 is 9.84 Å². The van der Waals surface area contributed by atoms with Gasteiger partial charge in [-0.1, -0.05) is 30.4 Å². The Bertz CT molecular complexity index is 923. The van der Waals surface area contributed by atoms with Crippen molar-refractivity contribution in [2.75, 3.05) is 26.3 Å². The fourth-order valence-corrected chi connectivity index (χ4v) is 4.48. The maximum atomic E-state index is 12.4. The third-order valence-corrected chi connectivity index (χ3v) is 5.96. The van der Waals surface area contributed by atoms with E-state index in [-0.39, 0.29) is 12.8 Å². The number of halogens is 1. The average molecular weight is 410 g/mol. The Morgan fingerprint density at radius 2 is 2.03 bits per heavy atom. The van der Waals surface area contributed by atoms with Crippen molar-refractivity contribution in [3.05, 3.63) is 59.2 Å². The Hall–Kier alpha value is -2.66. The van der Waals surface area contributed by atoms with Crippen LogP contribution in [0.15, 0.2) is 42.5 Å². The molecule has 0 amide bonds. The molecular weight excluding hydrogens is 381 g/mol. The first-order valence-electron chi connectivity index (χ1n) is 10.8. The van der Waals surface area contributed by atoms with E-state index >= 15 is 0 Å². The van der Waals surface area contributed by atoms with Crippen LogP contribution in [0.4, 0.5) is 4.39 Å². The molecule has 0 radical (unpaired) electrons. The van der Waals surface area contributed by atoms with E-state index in [4.69, 9.17) is 4.74 Å². The summed E-state index contributed by atoms with van der Waals surface area (Å²) >= 11 is 0. The van der Waals surface area contributed by atoms with Crippen LogP contribution in [0.3, 0.4) is 0 Å². The first-order valence-corrected chi connectivity index (χ1v) is 10.8. The third-order valence-electron chi connectivity index (χ3n) is 5.96. The van der Waals surface area contributed by atoms with Gasteiger partial charge in [0.05, 0.1) is 12.2 Å². The molecule has 1 N–H and O–H groups in total. The summed E-state index contributed by atoms with van der Waals surface area (Å²) in [6.45, 7) is 2.26. The molecule has 2 aliphatic rings. The number of carboxylic acid groups (broad SMARTS) is 1. The van der Waals surface area contributed by atoms with Crippen LogP contribution < -0.4 is 4.74 Å². The fraction of sp³-hybridized carbons (Fsp3) is 0.400.